The highest BCUT2D eigenvalue weighted by molar-refractivity contribution is 8.26. The average Bonchev–Trinajstić information content (AvgIpc) is 3.35. The van der Waals surface area contributed by atoms with E-state index in [0.717, 1.165) is 17.7 Å². The first-order chi connectivity index (χ1) is 12.6. The summed E-state index contributed by atoms with van der Waals surface area (Å²) in [4.78, 5) is 14.8. The van der Waals surface area contributed by atoms with E-state index in [0.29, 0.717) is 21.5 Å². The van der Waals surface area contributed by atoms with Crippen LogP contribution in [-0.2, 0) is 16.1 Å². The van der Waals surface area contributed by atoms with Crippen molar-refractivity contribution in [3.63, 3.8) is 0 Å². The van der Waals surface area contributed by atoms with Gasteiger partial charge in [-0.1, -0.05) is 53.7 Å². The Hall–Kier alpha value is -2.25. The van der Waals surface area contributed by atoms with Crippen LogP contribution >= 0.6 is 24.0 Å². The van der Waals surface area contributed by atoms with E-state index in [1.807, 2.05) is 24.3 Å². The number of furan rings is 1. The van der Waals surface area contributed by atoms with Crippen LogP contribution in [0, 0.1) is 0 Å². The second-order valence-electron chi connectivity index (χ2n) is 6.20. The number of thiocarbonyl (C=S) groups is 1. The Balaban J connectivity index is 1.43. The number of benzene rings is 1. The predicted octanol–water partition coefficient (Wildman–Crippen LogP) is 2.61. The molecule has 1 atom stereocenters. The lowest BCUT2D eigenvalue weighted by atomic mass is 9.95. The van der Waals surface area contributed by atoms with Gasteiger partial charge in [0.15, 0.2) is 0 Å². The molecule has 7 heteroatoms. The molecule has 1 aromatic heterocycles. The smallest absolute Gasteiger partial charge is 0.266 e. The number of amides is 1. The third-order valence-electron chi connectivity index (χ3n) is 4.25. The summed E-state index contributed by atoms with van der Waals surface area (Å²) in [5.74, 6) is 1.48. The Bertz CT molecular complexity index is 903. The normalized spacial score (nSPS) is 21.4. The van der Waals surface area contributed by atoms with Gasteiger partial charge in [0.2, 0.25) is 0 Å². The molecule has 2 aliphatic heterocycles. The maximum Gasteiger partial charge on any atom is 0.266 e. The van der Waals surface area contributed by atoms with Crippen molar-refractivity contribution in [1.82, 2.24) is 4.90 Å². The molecule has 0 N–H and O–H groups in total. The number of ether oxygens (including phenoxy) is 1. The van der Waals surface area contributed by atoms with Gasteiger partial charge in [0.25, 0.3) is 5.91 Å². The maximum absolute atomic E-state index is 12.7. The molecule has 130 valence electrons. The summed E-state index contributed by atoms with van der Waals surface area (Å²) in [6, 6.07) is 11.9. The van der Waals surface area contributed by atoms with E-state index in [2.05, 4.69) is 26.1 Å². The third kappa shape index (κ3) is 3.50. The summed E-state index contributed by atoms with van der Waals surface area (Å²) in [5, 5.41) is 0. The molecule has 1 fully saturated rings. The first kappa shape index (κ1) is 17.2. The standard InChI is InChI=1S/C19H16BNO3S2/c20-13-5-3-12(4-6-13)16-8-7-14(24-16)10-17-18(22)21(19(25)26-17)11-15-2-1-9-23-15/h1-6,8-10,14H,7,11,20H2/b17-10+. The predicted molar refractivity (Wildman–Crippen MR) is 110 cm³/mol. The molecular formula is C19H16BNO3S2. The van der Waals surface area contributed by atoms with Crippen LogP contribution in [0.5, 0.6) is 0 Å². The Morgan fingerprint density at radius 3 is 2.85 bits per heavy atom. The van der Waals surface area contributed by atoms with Crippen LogP contribution in [0.2, 0.25) is 0 Å². The molecule has 4 rings (SSSR count). The molecule has 0 bridgehead atoms. The van der Waals surface area contributed by atoms with E-state index in [-0.39, 0.29) is 12.0 Å². The first-order valence-corrected chi connectivity index (χ1v) is 9.54. The summed E-state index contributed by atoms with van der Waals surface area (Å²) in [6.45, 7) is 0.355. The minimum Gasteiger partial charge on any atom is -0.486 e. The molecule has 1 saturated heterocycles. The van der Waals surface area contributed by atoms with Gasteiger partial charge in [0, 0.05) is 12.0 Å². The minimum absolute atomic E-state index is 0.0937. The molecule has 2 aromatic rings. The summed E-state index contributed by atoms with van der Waals surface area (Å²) < 4.78 is 11.9. The molecule has 26 heavy (non-hydrogen) atoms. The van der Waals surface area contributed by atoms with Crippen molar-refractivity contribution in [3.8, 4) is 0 Å². The van der Waals surface area contributed by atoms with Gasteiger partial charge in [0.1, 0.15) is 29.8 Å². The fraction of sp³-hybridized carbons (Fsp3) is 0.158. The van der Waals surface area contributed by atoms with Gasteiger partial charge in [-0.15, -0.1) is 0 Å². The molecule has 0 aliphatic carbocycles. The van der Waals surface area contributed by atoms with Crippen LogP contribution in [0.1, 0.15) is 17.7 Å². The molecule has 1 amide bonds. The van der Waals surface area contributed by atoms with E-state index >= 15 is 0 Å². The highest BCUT2D eigenvalue weighted by Crippen LogP contribution is 2.35. The fourth-order valence-electron chi connectivity index (χ4n) is 2.87. The number of hydrogen-bond donors (Lipinski definition) is 0. The second-order valence-corrected chi connectivity index (χ2v) is 7.87. The molecule has 0 radical (unpaired) electrons. The number of hydrogen-bond acceptors (Lipinski definition) is 5. The molecule has 1 unspecified atom stereocenters. The zero-order chi connectivity index (χ0) is 18.1. The Kier molecular flexibility index (Phi) is 4.74. The number of nitrogens with zero attached hydrogens (tertiary/aromatic N) is 1. The molecular weight excluding hydrogens is 365 g/mol. The lowest BCUT2D eigenvalue weighted by Crippen LogP contribution is -2.27. The summed E-state index contributed by atoms with van der Waals surface area (Å²) in [5.41, 5.74) is 2.26. The highest BCUT2D eigenvalue weighted by atomic mass is 32.2. The fourth-order valence-corrected chi connectivity index (χ4v) is 4.15. The summed E-state index contributed by atoms with van der Waals surface area (Å²) in [6.07, 6.45) is 6.12. The molecule has 0 spiro atoms. The van der Waals surface area contributed by atoms with E-state index in [4.69, 9.17) is 21.4 Å². The zero-order valence-corrected chi connectivity index (χ0v) is 15.8. The molecule has 1 aromatic carbocycles. The van der Waals surface area contributed by atoms with Crippen LogP contribution in [0.4, 0.5) is 0 Å². The number of carbonyl (C=O) groups excluding carboxylic acids is 1. The van der Waals surface area contributed by atoms with Crippen molar-refractivity contribution in [2.45, 2.75) is 19.1 Å². The zero-order valence-electron chi connectivity index (χ0n) is 14.2. The molecule has 3 heterocycles. The Morgan fingerprint density at radius 1 is 1.31 bits per heavy atom. The lowest BCUT2D eigenvalue weighted by Gasteiger charge is -2.12. The first-order valence-electron chi connectivity index (χ1n) is 8.32. The van der Waals surface area contributed by atoms with Crippen LogP contribution in [0.15, 0.2) is 64.1 Å². The monoisotopic (exact) mass is 381 g/mol. The van der Waals surface area contributed by atoms with Gasteiger partial charge in [-0.2, -0.15) is 0 Å². The number of thioether (sulfide) groups is 1. The topological polar surface area (TPSA) is 42.7 Å². The van der Waals surface area contributed by atoms with E-state index in [1.54, 1.807) is 17.2 Å². The highest BCUT2D eigenvalue weighted by Gasteiger charge is 2.34. The molecule has 2 aliphatic rings. The quantitative estimate of drug-likeness (QED) is 0.463. The van der Waals surface area contributed by atoms with E-state index in [1.165, 1.54) is 17.2 Å². The summed E-state index contributed by atoms with van der Waals surface area (Å²) >= 11 is 6.67. The van der Waals surface area contributed by atoms with Gasteiger partial charge in [-0.25, -0.2) is 0 Å². The van der Waals surface area contributed by atoms with Crippen LogP contribution < -0.4 is 5.46 Å². The van der Waals surface area contributed by atoms with Crippen molar-refractivity contribution in [2.75, 3.05) is 0 Å². The van der Waals surface area contributed by atoms with Crippen molar-refractivity contribution in [1.29, 1.82) is 0 Å². The SMILES string of the molecule is Bc1ccc(C2=CCC(/C=C3/SC(=S)N(Cc4ccco4)C3=O)O2)cc1. The van der Waals surface area contributed by atoms with Crippen molar-refractivity contribution >= 4 is 53.3 Å². The van der Waals surface area contributed by atoms with Gasteiger partial charge in [0.05, 0.1) is 17.7 Å². The average molecular weight is 381 g/mol. The lowest BCUT2D eigenvalue weighted by molar-refractivity contribution is -0.122. The van der Waals surface area contributed by atoms with Crippen molar-refractivity contribution in [2.24, 2.45) is 0 Å². The summed E-state index contributed by atoms with van der Waals surface area (Å²) in [7, 11) is 2.06. The van der Waals surface area contributed by atoms with Gasteiger partial charge in [-0.3, -0.25) is 9.69 Å². The van der Waals surface area contributed by atoms with Crippen molar-refractivity contribution in [3.05, 3.63) is 71.0 Å². The van der Waals surface area contributed by atoms with E-state index in [9.17, 15) is 4.79 Å². The van der Waals surface area contributed by atoms with Gasteiger partial charge < -0.3 is 9.15 Å². The molecule has 4 nitrogen and oxygen atoms in total. The van der Waals surface area contributed by atoms with Gasteiger partial charge in [-0.05, 0) is 24.3 Å². The Morgan fingerprint density at radius 2 is 2.12 bits per heavy atom. The van der Waals surface area contributed by atoms with Gasteiger partial charge >= 0.3 is 0 Å². The van der Waals surface area contributed by atoms with Crippen LogP contribution in [0.3, 0.4) is 0 Å². The Labute approximate surface area is 162 Å². The van der Waals surface area contributed by atoms with Crippen molar-refractivity contribution < 1.29 is 13.9 Å². The van der Waals surface area contributed by atoms with E-state index < -0.39 is 0 Å². The largest absolute Gasteiger partial charge is 0.486 e. The number of rotatable bonds is 4. The minimum atomic E-state index is -0.149. The maximum atomic E-state index is 12.7. The van der Waals surface area contributed by atoms with Crippen LogP contribution in [-0.4, -0.2) is 29.1 Å². The van der Waals surface area contributed by atoms with Crippen LogP contribution in [0.25, 0.3) is 5.76 Å². The number of carbonyl (C=O) groups is 1. The second kappa shape index (κ2) is 7.17. The third-order valence-corrected chi connectivity index (χ3v) is 5.65. The molecule has 0 saturated carbocycles.